The minimum atomic E-state index is -0.371. The Morgan fingerprint density at radius 1 is 1.28 bits per heavy atom. The summed E-state index contributed by atoms with van der Waals surface area (Å²) in [4.78, 5) is 1.21. The summed E-state index contributed by atoms with van der Waals surface area (Å²) >= 11 is 5.05. The molecular weight excluding hydrogens is 315 g/mol. The van der Waals surface area contributed by atoms with E-state index in [-0.39, 0.29) is 5.82 Å². The lowest BCUT2D eigenvalue weighted by molar-refractivity contribution is 0.620. The fourth-order valence-electron chi connectivity index (χ4n) is 1.59. The van der Waals surface area contributed by atoms with Crippen LogP contribution in [-0.2, 0) is 13.1 Å². The summed E-state index contributed by atoms with van der Waals surface area (Å²) in [5.74, 6) is -0.371. The van der Waals surface area contributed by atoms with Crippen LogP contribution in [0, 0.1) is 17.1 Å². The zero-order chi connectivity index (χ0) is 13.0. The molecular formula is C13H10BrFN2S. The first kappa shape index (κ1) is 13.2. The fourth-order valence-corrected chi connectivity index (χ4v) is 3.01. The minimum Gasteiger partial charge on any atom is -0.308 e. The standard InChI is InChI=1S/C13H10BrFN2S/c14-11-4-13(18-8-11)7-17-6-10-1-9(5-16)2-12(15)3-10/h1-4,8,17H,6-7H2. The molecule has 0 amide bonds. The highest BCUT2D eigenvalue weighted by atomic mass is 79.9. The number of benzene rings is 1. The zero-order valence-electron chi connectivity index (χ0n) is 9.41. The normalized spacial score (nSPS) is 10.3. The fraction of sp³-hybridized carbons (Fsp3) is 0.154. The van der Waals surface area contributed by atoms with E-state index in [0.717, 1.165) is 16.6 Å². The largest absolute Gasteiger partial charge is 0.308 e. The van der Waals surface area contributed by atoms with Crippen molar-refractivity contribution in [2.45, 2.75) is 13.1 Å². The molecule has 0 fully saturated rings. The molecule has 0 radical (unpaired) electrons. The predicted octanol–water partition coefficient (Wildman–Crippen LogP) is 3.81. The van der Waals surface area contributed by atoms with Gasteiger partial charge in [0, 0.05) is 27.8 Å². The van der Waals surface area contributed by atoms with Gasteiger partial charge in [0.25, 0.3) is 0 Å². The van der Waals surface area contributed by atoms with Crippen molar-refractivity contribution in [2.75, 3.05) is 0 Å². The Kier molecular flexibility index (Phi) is 4.48. The van der Waals surface area contributed by atoms with Gasteiger partial charge in [-0.2, -0.15) is 5.26 Å². The monoisotopic (exact) mass is 324 g/mol. The summed E-state index contributed by atoms with van der Waals surface area (Å²) in [6.45, 7) is 1.27. The third-order valence-corrected chi connectivity index (χ3v) is 4.03. The van der Waals surface area contributed by atoms with Crippen LogP contribution in [0.5, 0.6) is 0 Å². The number of hydrogen-bond donors (Lipinski definition) is 1. The predicted molar refractivity (Wildman–Crippen MR) is 73.7 cm³/mol. The second-order valence-electron chi connectivity index (χ2n) is 3.79. The van der Waals surface area contributed by atoms with Crippen LogP contribution in [0.15, 0.2) is 34.1 Å². The molecule has 0 bridgehead atoms. The molecule has 1 heterocycles. The number of thiophene rings is 1. The van der Waals surface area contributed by atoms with Crippen molar-refractivity contribution in [3.63, 3.8) is 0 Å². The Hall–Kier alpha value is -1.22. The molecule has 2 nitrogen and oxygen atoms in total. The number of nitriles is 1. The molecule has 0 aliphatic carbocycles. The lowest BCUT2D eigenvalue weighted by Gasteiger charge is -2.04. The van der Waals surface area contributed by atoms with Crippen molar-refractivity contribution in [3.8, 4) is 6.07 Å². The third-order valence-electron chi connectivity index (χ3n) is 2.34. The first-order valence-corrected chi connectivity index (χ1v) is 6.98. The Morgan fingerprint density at radius 2 is 2.11 bits per heavy atom. The van der Waals surface area contributed by atoms with E-state index in [1.807, 2.05) is 17.5 Å². The molecule has 0 aliphatic heterocycles. The molecule has 0 atom stereocenters. The van der Waals surface area contributed by atoms with Crippen molar-refractivity contribution in [3.05, 3.63) is 55.9 Å². The SMILES string of the molecule is N#Cc1cc(F)cc(CNCc2cc(Br)cs2)c1. The van der Waals surface area contributed by atoms with Gasteiger partial charge in [0.05, 0.1) is 11.6 Å². The molecule has 0 saturated carbocycles. The van der Waals surface area contributed by atoms with Crippen LogP contribution in [0.3, 0.4) is 0 Å². The maximum Gasteiger partial charge on any atom is 0.124 e. The maximum absolute atomic E-state index is 13.2. The summed E-state index contributed by atoms with van der Waals surface area (Å²) < 4.78 is 14.3. The Bertz CT molecular complexity index is 589. The van der Waals surface area contributed by atoms with Crippen molar-refractivity contribution in [1.82, 2.24) is 5.32 Å². The molecule has 1 aromatic heterocycles. The van der Waals surface area contributed by atoms with Crippen LogP contribution >= 0.6 is 27.3 Å². The highest BCUT2D eigenvalue weighted by Crippen LogP contribution is 2.19. The molecule has 0 spiro atoms. The van der Waals surface area contributed by atoms with Crippen LogP contribution in [0.2, 0.25) is 0 Å². The Labute approximate surface area is 117 Å². The molecule has 2 aromatic rings. The number of rotatable bonds is 4. The van der Waals surface area contributed by atoms with Gasteiger partial charge >= 0.3 is 0 Å². The Morgan fingerprint density at radius 3 is 2.78 bits per heavy atom. The average molecular weight is 325 g/mol. The maximum atomic E-state index is 13.2. The molecule has 1 aromatic carbocycles. The van der Waals surface area contributed by atoms with Gasteiger partial charge in [-0.05, 0) is 45.8 Å². The minimum absolute atomic E-state index is 0.352. The van der Waals surface area contributed by atoms with Gasteiger partial charge in [-0.1, -0.05) is 0 Å². The van der Waals surface area contributed by atoms with Crippen LogP contribution in [0.25, 0.3) is 0 Å². The van der Waals surface area contributed by atoms with Crippen LogP contribution < -0.4 is 5.32 Å². The lowest BCUT2D eigenvalue weighted by atomic mass is 10.1. The summed E-state index contributed by atoms with van der Waals surface area (Å²) in [6.07, 6.45) is 0. The van der Waals surface area contributed by atoms with Crippen LogP contribution in [-0.4, -0.2) is 0 Å². The van der Waals surface area contributed by atoms with E-state index in [4.69, 9.17) is 5.26 Å². The van der Waals surface area contributed by atoms with Crippen LogP contribution in [0.1, 0.15) is 16.0 Å². The first-order valence-electron chi connectivity index (χ1n) is 5.30. The van der Waals surface area contributed by atoms with E-state index in [2.05, 4.69) is 21.2 Å². The molecule has 2 rings (SSSR count). The van der Waals surface area contributed by atoms with E-state index in [1.54, 1.807) is 17.4 Å². The molecule has 1 N–H and O–H groups in total. The summed E-state index contributed by atoms with van der Waals surface area (Å²) in [6, 6.07) is 8.37. The quantitative estimate of drug-likeness (QED) is 0.928. The number of nitrogens with one attached hydrogen (secondary N) is 1. The topological polar surface area (TPSA) is 35.8 Å². The third kappa shape index (κ3) is 3.64. The lowest BCUT2D eigenvalue weighted by Crippen LogP contribution is -2.12. The van der Waals surface area contributed by atoms with Gasteiger partial charge in [0.15, 0.2) is 0 Å². The van der Waals surface area contributed by atoms with Gasteiger partial charge in [-0.3, -0.25) is 0 Å². The number of halogens is 2. The van der Waals surface area contributed by atoms with Gasteiger partial charge < -0.3 is 5.32 Å². The van der Waals surface area contributed by atoms with Crippen molar-refractivity contribution >= 4 is 27.3 Å². The highest BCUT2D eigenvalue weighted by molar-refractivity contribution is 9.10. The van der Waals surface area contributed by atoms with E-state index < -0.39 is 0 Å². The molecule has 5 heteroatoms. The molecule has 92 valence electrons. The summed E-state index contributed by atoms with van der Waals surface area (Å²) in [5, 5.41) is 14.0. The number of hydrogen-bond acceptors (Lipinski definition) is 3. The molecule has 0 saturated heterocycles. The van der Waals surface area contributed by atoms with Crippen molar-refractivity contribution in [2.24, 2.45) is 0 Å². The smallest absolute Gasteiger partial charge is 0.124 e. The highest BCUT2D eigenvalue weighted by Gasteiger charge is 2.01. The summed E-state index contributed by atoms with van der Waals surface area (Å²) in [7, 11) is 0. The molecule has 0 aliphatic rings. The van der Waals surface area contributed by atoms with Crippen LogP contribution in [0.4, 0.5) is 4.39 Å². The molecule has 0 unspecified atom stereocenters. The van der Waals surface area contributed by atoms with E-state index in [1.165, 1.54) is 17.0 Å². The average Bonchev–Trinajstić information content (AvgIpc) is 2.74. The first-order chi connectivity index (χ1) is 8.67. The van der Waals surface area contributed by atoms with E-state index >= 15 is 0 Å². The summed E-state index contributed by atoms with van der Waals surface area (Å²) in [5.41, 5.74) is 1.13. The second kappa shape index (κ2) is 6.10. The zero-order valence-corrected chi connectivity index (χ0v) is 11.8. The van der Waals surface area contributed by atoms with Gasteiger partial charge in [-0.25, -0.2) is 4.39 Å². The van der Waals surface area contributed by atoms with Crippen molar-refractivity contribution in [1.29, 1.82) is 5.26 Å². The number of nitrogens with zero attached hydrogens (tertiary/aromatic N) is 1. The van der Waals surface area contributed by atoms with Crippen molar-refractivity contribution < 1.29 is 4.39 Å². The van der Waals surface area contributed by atoms with E-state index in [9.17, 15) is 4.39 Å². The van der Waals surface area contributed by atoms with Gasteiger partial charge in [0.1, 0.15) is 5.82 Å². The van der Waals surface area contributed by atoms with Gasteiger partial charge in [-0.15, -0.1) is 11.3 Å². The Balaban J connectivity index is 1.94. The molecule has 18 heavy (non-hydrogen) atoms. The second-order valence-corrected chi connectivity index (χ2v) is 5.71. The van der Waals surface area contributed by atoms with E-state index in [0.29, 0.717) is 12.1 Å². The van der Waals surface area contributed by atoms with Gasteiger partial charge in [0.2, 0.25) is 0 Å².